The highest BCUT2D eigenvalue weighted by atomic mass is 16.5. The average Bonchev–Trinajstić information content (AvgIpc) is 2.67. The molecule has 2 rings (SSSR count). The van der Waals surface area contributed by atoms with Crippen molar-refractivity contribution in [1.82, 2.24) is 0 Å². The standard InChI is InChI=1S/C22H32O4/c1-3-4-6-11-19(18-9-7-5-8-10-18)26-20-14-12-17(13-15-22(23)24)16-21(20)25-2/h12-16,18-19H,3-11H2,1-2H3,(H,23,24)/b15-13+. The van der Waals surface area contributed by atoms with Gasteiger partial charge in [-0.1, -0.05) is 45.1 Å². The molecule has 144 valence electrons. The highest BCUT2D eigenvalue weighted by Gasteiger charge is 2.25. The van der Waals surface area contributed by atoms with Crippen molar-refractivity contribution in [3.05, 3.63) is 29.8 Å². The van der Waals surface area contributed by atoms with E-state index in [0.29, 0.717) is 11.7 Å². The molecular formula is C22H32O4. The number of aliphatic carboxylic acids is 1. The highest BCUT2D eigenvalue weighted by molar-refractivity contribution is 5.85. The van der Waals surface area contributed by atoms with Gasteiger partial charge in [-0.05, 0) is 55.4 Å². The fraction of sp³-hybridized carbons (Fsp3) is 0.591. The summed E-state index contributed by atoms with van der Waals surface area (Å²) in [5.74, 6) is 1.08. The molecule has 1 aliphatic rings. The Balaban J connectivity index is 2.12. The minimum atomic E-state index is -0.961. The second-order valence-corrected chi connectivity index (χ2v) is 7.13. The number of benzene rings is 1. The molecule has 0 saturated heterocycles. The van der Waals surface area contributed by atoms with Crippen LogP contribution in [0.3, 0.4) is 0 Å². The van der Waals surface area contributed by atoms with Crippen LogP contribution in [0.4, 0.5) is 0 Å². The Kier molecular flexibility index (Phi) is 8.52. The molecule has 1 unspecified atom stereocenters. The van der Waals surface area contributed by atoms with Gasteiger partial charge in [-0.2, -0.15) is 0 Å². The summed E-state index contributed by atoms with van der Waals surface area (Å²) in [7, 11) is 1.62. The van der Waals surface area contributed by atoms with Crippen LogP contribution in [0, 0.1) is 5.92 Å². The second kappa shape index (κ2) is 10.9. The van der Waals surface area contributed by atoms with Gasteiger partial charge in [0.25, 0.3) is 0 Å². The number of carboxylic acids is 1. The SMILES string of the molecule is CCCCCC(Oc1ccc(/C=C/C(=O)O)cc1OC)C1CCCCC1. The van der Waals surface area contributed by atoms with Gasteiger partial charge in [-0.15, -0.1) is 0 Å². The maximum atomic E-state index is 10.7. The third-order valence-corrected chi connectivity index (χ3v) is 5.15. The lowest BCUT2D eigenvalue weighted by Gasteiger charge is -2.31. The summed E-state index contributed by atoms with van der Waals surface area (Å²) in [6, 6.07) is 5.61. The Bertz CT molecular complexity index is 588. The molecular weight excluding hydrogens is 328 g/mol. The lowest BCUT2D eigenvalue weighted by molar-refractivity contribution is -0.131. The Morgan fingerprint density at radius 1 is 1.23 bits per heavy atom. The Morgan fingerprint density at radius 2 is 2.00 bits per heavy atom. The zero-order valence-electron chi connectivity index (χ0n) is 16.1. The molecule has 4 nitrogen and oxygen atoms in total. The van der Waals surface area contributed by atoms with Gasteiger partial charge in [0.2, 0.25) is 0 Å². The number of unbranched alkanes of at least 4 members (excludes halogenated alkanes) is 2. The fourth-order valence-corrected chi connectivity index (χ4v) is 3.71. The van der Waals surface area contributed by atoms with Gasteiger partial charge in [0.05, 0.1) is 7.11 Å². The molecule has 1 saturated carbocycles. The van der Waals surface area contributed by atoms with Gasteiger partial charge in [-0.25, -0.2) is 4.79 Å². The summed E-state index contributed by atoms with van der Waals surface area (Å²) in [6.45, 7) is 2.23. The van der Waals surface area contributed by atoms with E-state index >= 15 is 0 Å². The minimum Gasteiger partial charge on any atom is -0.493 e. The molecule has 0 aromatic heterocycles. The molecule has 0 bridgehead atoms. The van der Waals surface area contributed by atoms with E-state index in [-0.39, 0.29) is 6.10 Å². The van der Waals surface area contributed by atoms with Crippen LogP contribution >= 0.6 is 0 Å². The van der Waals surface area contributed by atoms with Crippen molar-refractivity contribution in [2.75, 3.05) is 7.11 Å². The van der Waals surface area contributed by atoms with Gasteiger partial charge in [-0.3, -0.25) is 0 Å². The quantitative estimate of drug-likeness (QED) is 0.429. The first kappa shape index (κ1) is 20.3. The van der Waals surface area contributed by atoms with Crippen LogP contribution in [-0.2, 0) is 4.79 Å². The maximum Gasteiger partial charge on any atom is 0.328 e. The Labute approximate surface area is 157 Å². The number of carbonyl (C=O) groups is 1. The first-order valence-electron chi connectivity index (χ1n) is 9.89. The van der Waals surface area contributed by atoms with Crippen LogP contribution in [0.1, 0.15) is 70.3 Å². The van der Waals surface area contributed by atoms with Crippen molar-refractivity contribution in [3.8, 4) is 11.5 Å². The molecule has 1 atom stereocenters. The summed E-state index contributed by atoms with van der Waals surface area (Å²) < 4.78 is 11.9. The van der Waals surface area contributed by atoms with E-state index < -0.39 is 5.97 Å². The topological polar surface area (TPSA) is 55.8 Å². The Morgan fingerprint density at radius 3 is 2.65 bits per heavy atom. The second-order valence-electron chi connectivity index (χ2n) is 7.13. The number of rotatable bonds is 10. The van der Waals surface area contributed by atoms with E-state index in [1.807, 2.05) is 18.2 Å². The zero-order valence-corrected chi connectivity index (χ0v) is 16.1. The number of hydrogen-bond acceptors (Lipinski definition) is 3. The molecule has 1 N–H and O–H groups in total. The molecule has 0 heterocycles. The molecule has 0 amide bonds. The lowest BCUT2D eigenvalue weighted by atomic mass is 9.83. The van der Waals surface area contributed by atoms with Crippen LogP contribution in [-0.4, -0.2) is 24.3 Å². The molecule has 1 aromatic rings. The van der Waals surface area contributed by atoms with Crippen LogP contribution < -0.4 is 9.47 Å². The lowest BCUT2D eigenvalue weighted by Crippen LogP contribution is -2.29. The number of ether oxygens (including phenoxy) is 2. The molecule has 4 heteroatoms. The van der Waals surface area contributed by atoms with Gasteiger partial charge in [0.15, 0.2) is 11.5 Å². The van der Waals surface area contributed by atoms with E-state index in [0.717, 1.165) is 23.8 Å². The number of methoxy groups -OCH3 is 1. The zero-order chi connectivity index (χ0) is 18.8. The van der Waals surface area contributed by atoms with E-state index in [9.17, 15) is 4.79 Å². The minimum absolute atomic E-state index is 0.233. The molecule has 1 aromatic carbocycles. The normalized spacial score (nSPS) is 16.5. The summed E-state index contributed by atoms with van der Waals surface area (Å²) >= 11 is 0. The van der Waals surface area contributed by atoms with Gasteiger partial charge in [0.1, 0.15) is 6.10 Å². The summed E-state index contributed by atoms with van der Waals surface area (Å²) in [5, 5.41) is 8.78. The summed E-state index contributed by atoms with van der Waals surface area (Å²) in [4.78, 5) is 10.7. The molecule has 0 spiro atoms. The van der Waals surface area contributed by atoms with Crippen molar-refractivity contribution in [2.45, 2.75) is 70.8 Å². The van der Waals surface area contributed by atoms with Gasteiger partial charge in [0, 0.05) is 6.08 Å². The Hall–Kier alpha value is -1.97. The predicted molar refractivity (Wildman–Crippen MR) is 105 cm³/mol. The monoisotopic (exact) mass is 360 g/mol. The molecule has 26 heavy (non-hydrogen) atoms. The highest BCUT2D eigenvalue weighted by Crippen LogP contribution is 2.35. The fourth-order valence-electron chi connectivity index (χ4n) is 3.71. The van der Waals surface area contributed by atoms with Gasteiger partial charge >= 0.3 is 5.97 Å². The third-order valence-electron chi connectivity index (χ3n) is 5.15. The van der Waals surface area contributed by atoms with Crippen LogP contribution in [0.25, 0.3) is 6.08 Å². The van der Waals surface area contributed by atoms with Crippen molar-refractivity contribution < 1.29 is 19.4 Å². The van der Waals surface area contributed by atoms with Crippen molar-refractivity contribution in [3.63, 3.8) is 0 Å². The van der Waals surface area contributed by atoms with E-state index in [1.54, 1.807) is 13.2 Å². The van der Waals surface area contributed by atoms with Crippen LogP contribution in [0.15, 0.2) is 24.3 Å². The van der Waals surface area contributed by atoms with Crippen LogP contribution in [0.2, 0.25) is 0 Å². The first-order chi connectivity index (χ1) is 12.6. The number of hydrogen-bond donors (Lipinski definition) is 1. The third kappa shape index (κ3) is 6.40. The molecule has 0 radical (unpaired) electrons. The summed E-state index contributed by atoms with van der Waals surface area (Å²) in [5.41, 5.74) is 0.789. The molecule has 0 aliphatic heterocycles. The maximum absolute atomic E-state index is 10.7. The van der Waals surface area contributed by atoms with E-state index in [4.69, 9.17) is 14.6 Å². The van der Waals surface area contributed by atoms with Gasteiger partial charge < -0.3 is 14.6 Å². The van der Waals surface area contributed by atoms with Crippen molar-refractivity contribution in [1.29, 1.82) is 0 Å². The predicted octanol–water partition coefficient (Wildman–Crippen LogP) is 5.70. The smallest absolute Gasteiger partial charge is 0.328 e. The summed E-state index contributed by atoms with van der Waals surface area (Å²) in [6.07, 6.45) is 14.1. The van der Waals surface area contributed by atoms with Crippen molar-refractivity contribution >= 4 is 12.0 Å². The molecule has 1 aliphatic carbocycles. The van der Waals surface area contributed by atoms with Crippen molar-refractivity contribution in [2.24, 2.45) is 5.92 Å². The first-order valence-corrected chi connectivity index (χ1v) is 9.89. The van der Waals surface area contributed by atoms with Crippen LogP contribution in [0.5, 0.6) is 11.5 Å². The largest absolute Gasteiger partial charge is 0.493 e. The number of carboxylic acid groups (broad SMARTS) is 1. The average molecular weight is 360 g/mol. The van der Waals surface area contributed by atoms with E-state index in [1.165, 1.54) is 51.4 Å². The van der Waals surface area contributed by atoms with E-state index in [2.05, 4.69) is 6.92 Å². The molecule has 1 fully saturated rings.